The van der Waals surface area contributed by atoms with Crippen molar-refractivity contribution in [2.45, 2.75) is 31.5 Å². The van der Waals surface area contributed by atoms with Gasteiger partial charge in [0.05, 0.1) is 19.0 Å². The molecule has 0 radical (unpaired) electrons. The number of carboxylic acids is 1. The van der Waals surface area contributed by atoms with Gasteiger partial charge in [0, 0.05) is 16.5 Å². The molecule has 0 aromatic heterocycles. The number of carbonyl (C=O) groups is 2. The zero-order valence-corrected chi connectivity index (χ0v) is 18.6. The minimum Gasteiger partial charge on any atom is -0.481 e. The van der Waals surface area contributed by atoms with Crippen molar-refractivity contribution in [3.8, 4) is 11.5 Å². The first-order valence-electron chi connectivity index (χ1n) is 10.3. The van der Waals surface area contributed by atoms with Crippen molar-refractivity contribution >= 4 is 28.0 Å². The molecule has 0 saturated carbocycles. The van der Waals surface area contributed by atoms with Crippen molar-refractivity contribution < 1.29 is 24.2 Å². The van der Waals surface area contributed by atoms with Crippen LogP contribution >= 0.6 is 15.9 Å². The van der Waals surface area contributed by atoms with E-state index in [1.165, 1.54) is 5.56 Å². The van der Waals surface area contributed by atoms with Crippen molar-refractivity contribution in [3.63, 3.8) is 0 Å². The van der Waals surface area contributed by atoms with E-state index in [9.17, 15) is 9.59 Å². The van der Waals surface area contributed by atoms with Gasteiger partial charge in [0.15, 0.2) is 0 Å². The molecule has 1 N–H and O–H groups in total. The van der Waals surface area contributed by atoms with Crippen LogP contribution in [-0.4, -0.2) is 28.2 Å². The molecule has 1 saturated heterocycles. The summed E-state index contributed by atoms with van der Waals surface area (Å²) >= 11 is 3.51. The van der Waals surface area contributed by atoms with Crippen LogP contribution in [0.3, 0.4) is 0 Å². The summed E-state index contributed by atoms with van der Waals surface area (Å²) in [7, 11) is 0. The summed E-state index contributed by atoms with van der Waals surface area (Å²) in [4.78, 5) is 25.5. The van der Waals surface area contributed by atoms with E-state index in [1.807, 2.05) is 30.3 Å². The van der Waals surface area contributed by atoms with Gasteiger partial charge in [-0.1, -0.05) is 52.3 Å². The third-order valence-corrected chi connectivity index (χ3v) is 6.31. The number of nitrogens with zero attached hydrogens (tertiary/aromatic N) is 1. The molecule has 1 aliphatic heterocycles. The number of ether oxygens (including phenoxy) is 2. The quantitative estimate of drug-likeness (QED) is 0.491. The molecule has 0 unspecified atom stereocenters. The number of aliphatic carboxylic acids is 1. The fourth-order valence-electron chi connectivity index (χ4n) is 4.46. The highest BCUT2D eigenvalue weighted by atomic mass is 79.9. The first-order valence-corrected chi connectivity index (χ1v) is 11.1. The van der Waals surface area contributed by atoms with Crippen molar-refractivity contribution in [1.82, 2.24) is 4.90 Å². The number of hydrogen-bond donors (Lipinski definition) is 1. The first-order chi connectivity index (χ1) is 15.5. The van der Waals surface area contributed by atoms with Crippen LogP contribution in [0.15, 0.2) is 71.2 Å². The van der Waals surface area contributed by atoms with Crippen LogP contribution in [0.2, 0.25) is 0 Å². The average molecular weight is 494 g/mol. The Balaban J connectivity index is 1.43. The molecule has 162 valence electrons. The predicted molar refractivity (Wildman–Crippen MR) is 121 cm³/mol. The van der Waals surface area contributed by atoms with Crippen LogP contribution in [0.5, 0.6) is 11.5 Å². The molecule has 1 heterocycles. The lowest BCUT2D eigenvalue weighted by Crippen LogP contribution is -2.27. The number of carbonyl (C=O) groups excluding carboxylic acids is 1. The summed E-state index contributed by atoms with van der Waals surface area (Å²) in [6.45, 7) is 0.331. The predicted octanol–water partition coefficient (Wildman–Crippen LogP) is 5.49. The molecule has 3 aromatic carbocycles. The first kappa shape index (κ1) is 20.6. The van der Waals surface area contributed by atoms with Gasteiger partial charge < -0.3 is 14.6 Å². The molecule has 5 rings (SSSR count). The van der Waals surface area contributed by atoms with Gasteiger partial charge in [-0.3, -0.25) is 9.69 Å². The van der Waals surface area contributed by atoms with Gasteiger partial charge in [0.1, 0.15) is 17.6 Å². The lowest BCUT2D eigenvalue weighted by Gasteiger charge is -2.23. The molecule has 7 heteroatoms. The van der Waals surface area contributed by atoms with E-state index in [0.29, 0.717) is 23.6 Å². The van der Waals surface area contributed by atoms with Crippen LogP contribution in [0.1, 0.15) is 28.3 Å². The van der Waals surface area contributed by atoms with Crippen molar-refractivity contribution in [2.24, 2.45) is 0 Å². The van der Waals surface area contributed by atoms with E-state index < -0.39 is 5.97 Å². The summed E-state index contributed by atoms with van der Waals surface area (Å²) in [5.41, 5.74) is 3.82. The van der Waals surface area contributed by atoms with Gasteiger partial charge >= 0.3 is 12.1 Å². The highest BCUT2D eigenvalue weighted by molar-refractivity contribution is 9.10. The average Bonchev–Trinajstić information content (AvgIpc) is 3.25. The molecule has 2 atom stereocenters. The van der Waals surface area contributed by atoms with Crippen molar-refractivity contribution in [2.75, 3.05) is 0 Å². The molecule has 32 heavy (non-hydrogen) atoms. The SMILES string of the molecule is O=C(O)Cc1cccc(Oc2ccc(Br)cc2CN2C(=O)O[C@H]3Cc4ccccc4[C@H]32)c1. The number of amides is 1. The van der Waals surface area contributed by atoms with Crippen LogP contribution < -0.4 is 4.74 Å². The second-order valence-corrected chi connectivity index (χ2v) is 8.89. The lowest BCUT2D eigenvalue weighted by molar-refractivity contribution is -0.136. The van der Waals surface area contributed by atoms with Crippen LogP contribution in [0.4, 0.5) is 4.79 Å². The number of benzene rings is 3. The maximum Gasteiger partial charge on any atom is 0.411 e. The minimum absolute atomic E-state index is 0.0769. The highest BCUT2D eigenvalue weighted by Gasteiger charge is 2.47. The van der Waals surface area contributed by atoms with Gasteiger partial charge in [-0.25, -0.2) is 4.79 Å². The summed E-state index contributed by atoms with van der Waals surface area (Å²) in [5, 5.41) is 9.06. The Kier molecular flexibility index (Phi) is 5.35. The third-order valence-electron chi connectivity index (χ3n) is 5.81. The highest BCUT2D eigenvalue weighted by Crippen LogP contribution is 2.44. The van der Waals surface area contributed by atoms with E-state index >= 15 is 0 Å². The van der Waals surface area contributed by atoms with E-state index in [1.54, 1.807) is 29.2 Å². The van der Waals surface area contributed by atoms with Gasteiger partial charge in [0.25, 0.3) is 0 Å². The second-order valence-electron chi connectivity index (χ2n) is 7.97. The molecule has 1 fully saturated rings. The smallest absolute Gasteiger partial charge is 0.411 e. The van der Waals surface area contributed by atoms with Crippen LogP contribution in [-0.2, 0) is 28.9 Å². The zero-order valence-electron chi connectivity index (χ0n) is 17.0. The maximum atomic E-state index is 12.7. The van der Waals surface area contributed by atoms with E-state index in [2.05, 4.69) is 28.1 Å². The van der Waals surface area contributed by atoms with Gasteiger partial charge in [-0.05, 0) is 47.0 Å². The lowest BCUT2D eigenvalue weighted by atomic mass is 10.1. The summed E-state index contributed by atoms with van der Waals surface area (Å²) in [6.07, 6.45) is 0.140. The molecular weight excluding hydrogens is 474 g/mol. The van der Waals surface area contributed by atoms with E-state index in [4.69, 9.17) is 14.6 Å². The number of carboxylic acid groups (broad SMARTS) is 1. The van der Waals surface area contributed by atoms with E-state index in [-0.39, 0.29) is 24.7 Å². The summed E-state index contributed by atoms with van der Waals surface area (Å²) < 4.78 is 12.7. The van der Waals surface area contributed by atoms with Crippen LogP contribution in [0, 0.1) is 0 Å². The monoisotopic (exact) mass is 493 g/mol. The summed E-state index contributed by atoms with van der Waals surface area (Å²) in [6, 6.07) is 20.7. The molecule has 1 amide bonds. The van der Waals surface area contributed by atoms with Gasteiger partial charge in [-0.15, -0.1) is 0 Å². The normalized spacial score (nSPS) is 18.8. The third kappa shape index (κ3) is 3.96. The molecule has 0 bridgehead atoms. The maximum absolute atomic E-state index is 12.7. The van der Waals surface area contributed by atoms with Crippen LogP contribution in [0.25, 0.3) is 0 Å². The Morgan fingerprint density at radius 2 is 1.97 bits per heavy atom. The van der Waals surface area contributed by atoms with Crippen molar-refractivity contribution in [1.29, 1.82) is 0 Å². The Morgan fingerprint density at radius 3 is 2.81 bits per heavy atom. The standard InChI is InChI=1S/C25H20BrNO5/c26-18-8-9-21(31-19-6-3-4-15(10-19)11-23(28)29)17(12-18)14-27-24-20-7-2-1-5-16(20)13-22(24)32-25(27)30/h1-10,12,22,24H,11,13-14H2,(H,28,29)/t22-,24+/m0/s1. The number of halogens is 1. The molecular formula is C25H20BrNO5. The topological polar surface area (TPSA) is 76.1 Å². The minimum atomic E-state index is -0.898. The van der Waals surface area contributed by atoms with Gasteiger partial charge in [0.2, 0.25) is 0 Å². The van der Waals surface area contributed by atoms with Gasteiger partial charge in [-0.2, -0.15) is 0 Å². The fourth-order valence-corrected chi connectivity index (χ4v) is 4.87. The Morgan fingerprint density at radius 1 is 1.12 bits per heavy atom. The number of fused-ring (bicyclic) bond motifs is 3. The summed E-state index contributed by atoms with van der Waals surface area (Å²) in [5.74, 6) is 0.244. The van der Waals surface area contributed by atoms with Crippen molar-refractivity contribution in [3.05, 3.63) is 93.5 Å². The number of rotatable bonds is 6. The number of hydrogen-bond acceptors (Lipinski definition) is 4. The Hall–Kier alpha value is -3.32. The fraction of sp³-hybridized carbons (Fsp3) is 0.200. The Labute approximate surface area is 193 Å². The molecule has 3 aromatic rings. The second kappa shape index (κ2) is 8.31. The van der Waals surface area contributed by atoms with E-state index in [0.717, 1.165) is 22.0 Å². The Bertz CT molecular complexity index is 1210. The molecule has 0 spiro atoms. The zero-order chi connectivity index (χ0) is 22.2. The largest absolute Gasteiger partial charge is 0.481 e. The molecule has 2 aliphatic rings. The molecule has 6 nitrogen and oxygen atoms in total. The molecule has 1 aliphatic carbocycles.